The number of hydrogen-bond acceptors (Lipinski definition) is 3. The minimum atomic E-state index is -3.92. The highest BCUT2D eigenvalue weighted by Gasteiger charge is 2.19. The summed E-state index contributed by atoms with van der Waals surface area (Å²) < 4.78 is 40.7. The minimum absolute atomic E-state index is 0.0445. The molecule has 3 aromatic carbocycles. The van der Waals surface area contributed by atoms with Gasteiger partial charge in [0.1, 0.15) is 5.82 Å². The van der Waals surface area contributed by atoms with Gasteiger partial charge in [-0.25, -0.2) is 12.8 Å². The highest BCUT2D eigenvalue weighted by molar-refractivity contribution is 7.92. The molecule has 0 unspecified atom stereocenters. The number of amides is 1. The number of rotatable bonds is 6. The summed E-state index contributed by atoms with van der Waals surface area (Å²) in [4.78, 5) is 14.3. The van der Waals surface area contributed by atoms with Crippen molar-refractivity contribution in [3.8, 4) is 0 Å². The molecule has 0 aliphatic carbocycles. The van der Waals surface area contributed by atoms with Crippen LogP contribution in [0.2, 0.25) is 0 Å². The molecule has 0 spiro atoms. The topological polar surface area (TPSA) is 66.5 Å². The summed E-state index contributed by atoms with van der Waals surface area (Å²) in [6, 6.07) is 18.6. The Bertz CT molecular complexity index is 1130. The summed E-state index contributed by atoms with van der Waals surface area (Å²) in [5, 5.41) is 0. The number of hydrogen-bond donors (Lipinski definition) is 1. The van der Waals surface area contributed by atoms with Crippen molar-refractivity contribution in [2.75, 3.05) is 11.8 Å². The van der Waals surface area contributed by atoms with Crippen LogP contribution in [-0.2, 0) is 16.6 Å². The van der Waals surface area contributed by atoms with E-state index in [1.807, 2.05) is 31.2 Å². The number of nitrogens with one attached hydrogen (secondary N) is 1. The van der Waals surface area contributed by atoms with Gasteiger partial charge in [-0.3, -0.25) is 9.52 Å². The van der Waals surface area contributed by atoms with Gasteiger partial charge in [-0.05, 0) is 60.5 Å². The predicted octanol–water partition coefficient (Wildman–Crippen LogP) is 4.21. The maximum absolute atomic E-state index is 13.0. The molecule has 0 aliphatic heterocycles. The summed E-state index contributed by atoms with van der Waals surface area (Å²) in [6.45, 7) is 2.39. The van der Waals surface area contributed by atoms with Crippen LogP contribution in [0.3, 0.4) is 0 Å². The minimum Gasteiger partial charge on any atom is -0.337 e. The Morgan fingerprint density at radius 2 is 1.69 bits per heavy atom. The second-order valence-electron chi connectivity index (χ2n) is 6.73. The Kier molecular flexibility index (Phi) is 5.98. The fraction of sp³-hybridized carbons (Fsp3) is 0.136. The Morgan fingerprint density at radius 1 is 1.00 bits per heavy atom. The Labute approximate surface area is 169 Å². The van der Waals surface area contributed by atoms with Crippen molar-refractivity contribution in [3.05, 3.63) is 95.3 Å². The van der Waals surface area contributed by atoms with Crippen molar-refractivity contribution >= 4 is 21.6 Å². The number of aryl methyl sites for hydroxylation is 1. The van der Waals surface area contributed by atoms with Gasteiger partial charge in [0.25, 0.3) is 15.9 Å². The molecule has 3 rings (SSSR count). The van der Waals surface area contributed by atoms with Crippen LogP contribution in [0.1, 0.15) is 21.5 Å². The second-order valence-corrected chi connectivity index (χ2v) is 8.41. The second kappa shape index (κ2) is 8.45. The van der Waals surface area contributed by atoms with Gasteiger partial charge in [0.2, 0.25) is 0 Å². The van der Waals surface area contributed by atoms with Crippen molar-refractivity contribution in [2.45, 2.75) is 18.4 Å². The zero-order valence-electron chi connectivity index (χ0n) is 16.1. The van der Waals surface area contributed by atoms with Gasteiger partial charge < -0.3 is 4.90 Å². The molecule has 0 saturated heterocycles. The molecular weight excluding hydrogens is 391 g/mol. The number of sulfonamides is 1. The zero-order valence-corrected chi connectivity index (χ0v) is 16.9. The van der Waals surface area contributed by atoms with E-state index in [4.69, 9.17) is 0 Å². The quantitative estimate of drug-likeness (QED) is 0.660. The Hall–Kier alpha value is -3.19. The average molecular weight is 412 g/mol. The van der Waals surface area contributed by atoms with Crippen molar-refractivity contribution in [1.82, 2.24) is 4.90 Å². The monoisotopic (exact) mass is 412 g/mol. The Balaban J connectivity index is 1.80. The lowest BCUT2D eigenvalue weighted by molar-refractivity contribution is 0.0784. The first-order chi connectivity index (χ1) is 13.8. The van der Waals surface area contributed by atoms with Crippen LogP contribution in [0, 0.1) is 12.7 Å². The highest BCUT2D eigenvalue weighted by atomic mass is 32.2. The van der Waals surface area contributed by atoms with Crippen LogP contribution in [0.5, 0.6) is 0 Å². The maximum atomic E-state index is 13.0. The van der Waals surface area contributed by atoms with Crippen LogP contribution in [-0.4, -0.2) is 26.3 Å². The van der Waals surface area contributed by atoms with Gasteiger partial charge in [-0.15, -0.1) is 0 Å². The first-order valence-electron chi connectivity index (χ1n) is 8.95. The molecule has 5 nitrogen and oxygen atoms in total. The summed E-state index contributed by atoms with van der Waals surface area (Å²) in [7, 11) is -2.24. The third kappa shape index (κ3) is 5.00. The van der Waals surface area contributed by atoms with Crippen molar-refractivity contribution in [3.63, 3.8) is 0 Å². The molecule has 0 aromatic heterocycles. The number of benzene rings is 3. The van der Waals surface area contributed by atoms with Crippen molar-refractivity contribution in [2.24, 2.45) is 0 Å². The molecule has 7 heteroatoms. The maximum Gasteiger partial charge on any atom is 0.261 e. The van der Waals surface area contributed by atoms with Gasteiger partial charge in [0.05, 0.1) is 4.90 Å². The lowest BCUT2D eigenvalue weighted by atomic mass is 10.1. The van der Waals surface area contributed by atoms with Gasteiger partial charge in [-0.2, -0.15) is 0 Å². The van der Waals surface area contributed by atoms with Crippen molar-refractivity contribution < 1.29 is 17.6 Å². The molecule has 1 N–H and O–H groups in total. The molecule has 0 fully saturated rings. The van der Waals surface area contributed by atoms with Gasteiger partial charge in [0, 0.05) is 24.8 Å². The normalized spacial score (nSPS) is 11.1. The van der Waals surface area contributed by atoms with E-state index in [-0.39, 0.29) is 22.1 Å². The van der Waals surface area contributed by atoms with E-state index >= 15 is 0 Å². The third-order valence-corrected chi connectivity index (χ3v) is 5.88. The summed E-state index contributed by atoms with van der Waals surface area (Å²) in [6.07, 6.45) is 0. The molecule has 0 radical (unpaired) electrons. The SMILES string of the molecule is Cc1ccccc1CN(C)C(=O)c1cccc(S(=O)(=O)Nc2ccc(F)cc2)c1. The van der Waals surface area contributed by atoms with Gasteiger partial charge in [-0.1, -0.05) is 30.3 Å². The summed E-state index contributed by atoms with van der Waals surface area (Å²) in [5.41, 5.74) is 2.60. The Morgan fingerprint density at radius 3 is 2.38 bits per heavy atom. The number of nitrogens with zero attached hydrogens (tertiary/aromatic N) is 1. The molecule has 150 valence electrons. The summed E-state index contributed by atoms with van der Waals surface area (Å²) in [5.74, 6) is -0.746. The van der Waals surface area contributed by atoms with Crippen molar-refractivity contribution in [1.29, 1.82) is 0 Å². The molecule has 0 aliphatic rings. The fourth-order valence-corrected chi connectivity index (χ4v) is 3.97. The van der Waals surface area contributed by atoms with E-state index in [9.17, 15) is 17.6 Å². The summed E-state index contributed by atoms with van der Waals surface area (Å²) >= 11 is 0. The van der Waals surface area contributed by atoms with E-state index in [0.29, 0.717) is 6.54 Å². The van der Waals surface area contributed by atoms with Crippen LogP contribution >= 0.6 is 0 Å². The molecule has 29 heavy (non-hydrogen) atoms. The van der Waals surface area contributed by atoms with Crippen LogP contribution < -0.4 is 4.72 Å². The highest BCUT2D eigenvalue weighted by Crippen LogP contribution is 2.19. The number of carbonyl (C=O) groups excluding carboxylic acids is 1. The first kappa shape index (κ1) is 20.5. The fourth-order valence-electron chi connectivity index (χ4n) is 2.86. The zero-order chi connectivity index (χ0) is 21.0. The molecule has 0 atom stereocenters. The average Bonchev–Trinajstić information content (AvgIpc) is 2.71. The van der Waals surface area contributed by atoms with Crippen LogP contribution in [0.4, 0.5) is 10.1 Å². The predicted molar refractivity (Wildman–Crippen MR) is 111 cm³/mol. The van der Waals surface area contributed by atoms with Gasteiger partial charge >= 0.3 is 0 Å². The lowest BCUT2D eigenvalue weighted by Gasteiger charge is -2.19. The van der Waals surface area contributed by atoms with Gasteiger partial charge in [0.15, 0.2) is 0 Å². The molecule has 0 bridgehead atoms. The van der Waals surface area contributed by atoms with E-state index in [1.54, 1.807) is 18.0 Å². The smallest absolute Gasteiger partial charge is 0.261 e. The number of halogens is 1. The standard InChI is InChI=1S/C22H21FN2O3S/c1-16-6-3-4-7-18(16)15-25(2)22(26)17-8-5-9-21(14-17)29(27,28)24-20-12-10-19(23)11-13-20/h3-14,24H,15H2,1-2H3. The molecular formula is C22H21FN2O3S. The molecule has 0 saturated carbocycles. The number of anilines is 1. The van der Waals surface area contributed by atoms with E-state index < -0.39 is 15.8 Å². The lowest BCUT2D eigenvalue weighted by Crippen LogP contribution is -2.26. The molecule has 3 aromatic rings. The largest absolute Gasteiger partial charge is 0.337 e. The number of carbonyl (C=O) groups is 1. The molecule has 1 amide bonds. The van der Waals surface area contributed by atoms with Crippen LogP contribution in [0.25, 0.3) is 0 Å². The third-order valence-electron chi connectivity index (χ3n) is 4.50. The first-order valence-corrected chi connectivity index (χ1v) is 10.4. The molecule has 0 heterocycles. The van der Waals surface area contributed by atoms with E-state index in [1.165, 1.54) is 42.5 Å². The van der Waals surface area contributed by atoms with E-state index in [2.05, 4.69) is 4.72 Å². The van der Waals surface area contributed by atoms with Crippen LogP contribution in [0.15, 0.2) is 77.7 Å². The van der Waals surface area contributed by atoms with E-state index in [0.717, 1.165) is 11.1 Å².